The standard InChI is InChI=1S/C19H25NO3S/c1-14-11-16-17(12-19(2,3)13-18(16)23-14)20-24(21,22)10-9-15-7-5-4-6-8-15/h4-8,11,17,20H,9-10,12-13H2,1-3H3. The minimum Gasteiger partial charge on any atom is -0.466 e. The summed E-state index contributed by atoms with van der Waals surface area (Å²) in [6.07, 6.45) is 2.14. The van der Waals surface area contributed by atoms with Crippen LogP contribution in [0, 0.1) is 12.3 Å². The van der Waals surface area contributed by atoms with Crippen LogP contribution >= 0.6 is 0 Å². The Kier molecular flexibility index (Phi) is 4.58. The Balaban J connectivity index is 1.74. The fourth-order valence-electron chi connectivity index (χ4n) is 3.46. The average molecular weight is 347 g/mol. The number of hydrogen-bond acceptors (Lipinski definition) is 3. The molecule has 0 radical (unpaired) electrons. The summed E-state index contributed by atoms with van der Waals surface area (Å²) in [4.78, 5) is 0. The second-order valence-corrected chi connectivity index (χ2v) is 9.38. The molecule has 0 saturated carbocycles. The van der Waals surface area contributed by atoms with E-state index in [9.17, 15) is 8.42 Å². The lowest BCUT2D eigenvalue weighted by atomic mass is 9.75. The van der Waals surface area contributed by atoms with E-state index in [4.69, 9.17) is 4.42 Å². The molecule has 0 bridgehead atoms. The second kappa shape index (κ2) is 6.37. The molecular weight excluding hydrogens is 322 g/mol. The summed E-state index contributed by atoms with van der Waals surface area (Å²) in [5.74, 6) is 1.85. The number of aryl methyl sites for hydroxylation is 2. The van der Waals surface area contributed by atoms with Crippen LogP contribution in [0.5, 0.6) is 0 Å². The highest BCUT2D eigenvalue weighted by Crippen LogP contribution is 2.42. The van der Waals surface area contributed by atoms with Gasteiger partial charge in [-0.25, -0.2) is 13.1 Å². The first-order valence-corrected chi connectivity index (χ1v) is 10.0. The molecule has 1 aromatic carbocycles. The van der Waals surface area contributed by atoms with Gasteiger partial charge in [-0.3, -0.25) is 0 Å². The average Bonchev–Trinajstić information content (AvgIpc) is 2.85. The third kappa shape index (κ3) is 4.08. The van der Waals surface area contributed by atoms with E-state index in [1.165, 1.54) is 0 Å². The molecule has 4 nitrogen and oxygen atoms in total. The van der Waals surface area contributed by atoms with Crippen LogP contribution in [0.3, 0.4) is 0 Å². The first-order chi connectivity index (χ1) is 11.2. The highest BCUT2D eigenvalue weighted by atomic mass is 32.2. The van der Waals surface area contributed by atoms with Gasteiger partial charge in [0.25, 0.3) is 0 Å². The van der Waals surface area contributed by atoms with Crippen molar-refractivity contribution >= 4 is 10.0 Å². The molecule has 130 valence electrons. The molecule has 0 spiro atoms. The van der Waals surface area contributed by atoms with Crippen LogP contribution in [0.1, 0.15) is 49.0 Å². The number of fused-ring (bicyclic) bond motifs is 1. The Morgan fingerprint density at radius 2 is 1.96 bits per heavy atom. The summed E-state index contributed by atoms with van der Waals surface area (Å²) in [6.45, 7) is 6.21. The molecule has 0 aliphatic heterocycles. The summed E-state index contributed by atoms with van der Waals surface area (Å²) in [6, 6.07) is 11.5. The molecule has 1 aliphatic rings. The monoisotopic (exact) mass is 347 g/mol. The van der Waals surface area contributed by atoms with Gasteiger partial charge < -0.3 is 4.42 Å². The number of benzene rings is 1. The van der Waals surface area contributed by atoms with E-state index in [2.05, 4.69) is 18.6 Å². The lowest BCUT2D eigenvalue weighted by molar-refractivity contribution is 0.247. The summed E-state index contributed by atoms with van der Waals surface area (Å²) in [7, 11) is -3.35. The number of sulfonamides is 1. The van der Waals surface area contributed by atoms with E-state index in [-0.39, 0.29) is 17.2 Å². The van der Waals surface area contributed by atoms with Gasteiger partial charge in [-0.15, -0.1) is 0 Å². The molecule has 1 aromatic heterocycles. The molecule has 1 atom stereocenters. The summed E-state index contributed by atoms with van der Waals surface area (Å²) >= 11 is 0. The van der Waals surface area contributed by atoms with Gasteiger partial charge in [-0.1, -0.05) is 44.2 Å². The lowest BCUT2D eigenvalue weighted by Gasteiger charge is -2.34. The van der Waals surface area contributed by atoms with Crippen molar-refractivity contribution in [2.24, 2.45) is 5.41 Å². The predicted octanol–water partition coefficient (Wildman–Crippen LogP) is 3.76. The van der Waals surface area contributed by atoms with Crippen LogP contribution in [0.15, 0.2) is 40.8 Å². The maximum absolute atomic E-state index is 12.6. The van der Waals surface area contributed by atoms with Crippen molar-refractivity contribution in [2.45, 2.75) is 46.1 Å². The van der Waals surface area contributed by atoms with Gasteiger partial charge in [-0.2, -0.15) is 0 Å². The minimum absolute atomic E-state index is 0.0178. The van der Waals surface area contributed by atoms with Crippen molar-refractivity contribution in [3.05, 3.63) is 59.0 Å². The lowest BCUT2D eigenvalue weighted by Crippen LogP contribution is -2.37. The highest BCUT2D eigenvalue weighted by molar-refractivity contribution is 7.89. The van der Waals surface area contributed by atoms with E-state index in [0.717, 1.165) is 35.5 Å². The van der Waals surface area contributed by atoms with Crippen LogP contribution in [-0.4, -0.2) is 14.2 Å². The molecule has 5 heteroatoms. The molecule has 2 aromatic rings. The van der Waals surface area contributed by atoms with E-state index >= 15 is 0 Å². The molecule has 3 rings (SSSR count). The van der Waals surface area contributed by atoms with Crippen molar-refractivity contribution in [3.63, 3.8) is 0 Å². The fraction of sp³-hybridized carbons (Fsp3) is 0.474. The number of furan rings is 1. The van der Waals surface area contributed by atoms with Crippen molar-refractivity contribution in [1.29, 1.82) is 0 Å². The SMILES string of the molecule is Cc1cc2c(o1)CC(C)(C)CC2NS(=O)(=O)CCc1ccccc1. The zero-order valence-corrected chi connectivity index (χ0v) is 15.3. The smallest absolute Gasteiger partial charge is 0.212 e. The van der Waals surface area contributed by atoms with Crippen LogP contribution in [0.25, 0.3) is 0 Å². The van der Waals surface area contributed by atoms with Crippen LogP contribution < -0.4 is 4.72 Å². The zero-order chi connectivity index (χ0) is 17.4. The Bertz CT molecular complexity index is 806. The van der Waals surface area contributed by atoms with E-state index in [1.807, 2.05) is 43.3 Å². The largest absolute Gasteiger partial charge is 0.466 e. The number of nitrogens with one attached hydrogen (secondary N) is 1. The molecular formula is C19H25NO3S. The van der Waals surface area contributed by atoms with E-state index < -0.39 is 10.0 Å². The minimum atomic E-state index is -3.35. The summed E-state index contributed by atoms with van der Waals surface area (Å²) in [5, 5.41) is 0. The van der Waals surface area contributed by atoms with E-state index in [1.54, 1.807) is 0 Å². The van der Waals surface area contributed by atoms with Crippen molar-refractivity contribution in [2.75, 3.05) is 5.75 Å². The molecule has 1 aliphatic carbocycles. The second-order valence-electron chi connectivity index (χ2n) is 7.51. The predicted molar refractivity (Wildman–Crippen MR) is 95.4 cm³/mol. The summed E-state index contributed by atoms with van der Waals surface area (Å²) in [5.41, 5.74) is 2.05. The fourth-order valence-corrected chi connectivity index (χ4v) is 4.73. The van der Waals surface area contributed by atoms with Crippen LogP contribution in [0.4, 0.5) is 0 Å². The zero-order valence-electron chi connectivity index (χ0n) is 14.5. The first-order valence-electron chi connectivity index (χ1n) is 8.37. The van der Waals surface area contributed by atoms with E-state index in [0.29, 0.717) is 6.42 Å². The third-order valence-corrected chi connectivity index (χ3v) is 5.95. The molecule has 0 amide bonds. The normalized spacial score (nSPS) is 19.9. The third-order valence-electron chi connectivity index (χ3n) is 4.56. The van der Waals surface area contributed by atoms with Crippen molar-refractivity contribution < 1.29 is 12.8 Å². The van der Waals surface area contributed by atoms with Gasteiger partial charge in [-0.05, 0) is 36.8 Å². The van der Waals surface area contributed by atoms with Crippen molar-refractivity contribution in [3.8, 4) is 0 Å². The van der Waals surface area contributed by atoms with Crippen molar-refractivity contribution in [1.82, 2.24) is 4.72 Å². The molecule has 1 unspecified atom stereocenters. The van der Waals surface area contributed by atoms with Gasteiger partial charge >= 0.3 is 0 Å². The maximum Gasteiger partial charge on any atom is 0.212 e. The van der Waals surface area contributed by atoms with Gasteiger partial charge in [0.15, 0.2) is 0 Å². The molecule has 24 heavy (non-hydrogen) atoms. The van der Waals surface area contributed by atoms with Gasteiger partial charge in [0, 0.05) is 12.0 Å². The Morgan fingerprint density at radius 1 is 1.25 bits per heavy atom. The molecule has 1 heterocycles. The highest BCUT2D eigenvalue weighted by Gasteiger charge is 2.36. The number of hydrogen-bond donors (Lipinski definition) is 1. The Hall–Kier alpha value is -1.59. The molecule has 0 fully saturated rings. The topological polar surface area (TPSA) is 59.3 Å². The van der Waals surface area contributed by atoms with Gasteiger partial charge in [0.05, 0.1) is 11.8 Å². The van der Waals surface area contributed by atoms with Gasteiger partial charge in [0.1, 0.15) is 11.5 Å². The quantitative estimate of drug-likeness (QED) is 0.896. The van der Waals surface area contributed by atoms with Crippen LogP contribution in [-0.2, 0) is 22.9 Å². The molecule has 0 saturated heterocycles. The summed E-state index contributed by atoms with van der Waals surface area (Å²) < 4.78 is 33.8. The van der Waals surface area contributed by atoms with Gasteiger partial charge in [0.2, 0.25) is 10.0 Å². The molecule has 1 N–H and O–H groups in total. The number of rotatable bonds is 5. The maximum atomic E-state index is 12.6. The Labute approximate surface area is 144 Å². The Morgan fingerprint density at radius 3 is 2.67 bits per heavy atom. The van der Waals surface area contributed by atoms with Crippen LogP contribution in [0.2, 0.25) is 0 Å². The first kappa shape index (κ1) is 17.2.